The van der Waals surface area contributed by atoms with Gasteiger partial charge in [0.05, 0.1) is 25.6 Å². The first kappa shape index (κ1) is 18.2. The van der Waals surface area contributed by atoms with Gasteiger partial charge in [0.2, 0.25) is 0 Å². The SMILES string of the molecule is O=C(NCc1ccc(F)cc1)c1cnc(NCCN2CCOCC2)cn1. The van der Waals surface area contributed by atoms with Gasteiger partial charge in [-0.15, -0.1) is 0 Å². The van der Waals surface area contributed by atoms with Gasteiger partial charge in [0.1, 0.15) is 17.3 Å². The molecule has 8 heteroatoms. The van der Waals surface area contributed by atoms with E-state index in [0.717, 1.165) is 45.0 Å². The van der Waals surface area contributed by atoms with Crippen molar-refractivity contribution >= 4 is 11.7 Å². The molecular formula is C18H22FN5O2. The lowest BCUT2D eigenvalue weighted by Gasteiger charge is -2.26. The normalized spacial score (nSPS) is 14.8. The molecule has 0 bridgehead atoms. The van der Waals surface area contributed by atoms with E-state index in [9.17, 15) is 9.18 Å². The van der Waals surface area contributed by atoms with Crippen LogP contribution in [0.4, 0.5) is 10.2 Å². The summed E-state index contributed by atoms with van der Waals surface area (Å²) < 4.78 is 18.2. The molecule has 0 unspecified atom stereocenters. The number of nitrogens with zero attached hydrogens (tertiary/aromatic N) is 3. The number of benzene rings is 1. The Hall–Kier alpha value is -2.58. The van der Waals surface area contributed by atoms with Crippen molar-refractivity contribution in [3.63, 3.8) is 0 Å². The summed E-state index contributed by atoms with van der Waals surface area (Å²) in [6.07, 6.45) is 2.99. The Morgan fingerprint density at radius 1 is 1.15 bits per heavy atom. The van der Waals surface area contributed by atoms with Crippen LogP contribution in [-0.4, -0.2) is 60.2 Å². The van der Waals surface area contributed by atoms with E-state index in [2.05, 4.69) is 25.5 Å². The van der Waals surface area contributed by atoms with Gasteiger partial charge in [-0.3, -0.25) is 9.69 Å². The van der Waals surface area contributed by atoms with Crippen LogP contribution in [0.1, 0.15) is 16.1 Å². The molecular weight excluding hydrogens is 337 g/mol. The number of rotatable bonds is 7. The zero-order chi connectivity index (χ0) is 18.2. The Morgan fingerprint density at radius 2 is 1.92 bits per heavy atom. The lowest BCUT2D eigenvalue weighted by atomic mass is 10.2. The van der Waals surface area contributed by atoms with Crippen molar-refractivity contribution in [2.75, 3.05) is 44.7 Å². The van der Waals surface area contributed by atoms with Crippen LogP contribution < -0.4 is 10.6 Å². The van der Waals surface area contributed by atoms with Gasteiger partial charge in [-0.25, -0.2) is 14.4 Å². The fourth-order valence-electron chi connectivity index (χ4n) is 2.58. The lowest BCUT2D eigenvalue weighted by Crippen LogP contribution is -2.39. The molecule has 0 radical (unpaired) electrons. The van der Waals surface area contributed by atoms with E-state index in [-0.39, 0.29) is 17.4 Å². The van der Waals surface area contributed by atoms with Crippen molar-refractivity contribution in [3.8, 4) is 0 Å². The molecule has 1 amide bonds. The maximum Gasteiger partial charge on any atom is 0.271 e. The first-order chi connectivity index (χ1) is 12.7. The highest BCUT2D eigenvalue weighted by Gasteiger charge is 2.10. The maximum atomic E-state index is 12.9. The number of carbonyl (C=O) groups excluding carboxylic acids is 1. The fourth-order valence-corrected chi connectivity index (χ4v) is 2.58. The Bertz CT molecular complexity index is 703. The molecule has 1 fully saturated rings. The molecule has 26 heavy (non-hydrogen) atoms. The number of hydrogen-bond donors (Lipinski definition) is 2. The highest BCUT2D eigenvalue weighted by atomic mass is 19.1. The number of anilines is 1. The third-order valence-electron chi connectivity index (χ3n) is 4.09. The summed E-state index contributed by atoms with van der Waals surface area (Å²) in [6, 6.07) is 5.98. The minimum Gasteiger partial charge on any atom is -0.379 e. The molecule has 138 valence electrons. The largest absolute Gasteiger partial charge is 0.379 e. The molecule has 0 saturated carbocycles. The van der Waals surface area contributed by atoms with Gasteiger partial charge in [0.25, 0.3) is 5.91 Å². The van der Waals surface area contributed by atoms with Crippen molar-refractivity contribution in [2.45, 2.75) is 6.54 Å². The van der Waals surface area contributed by atoms with Crippen LogP contribution in [0.15, 0.2) is 36.7 Å². The molecule has 1 saturated heterocycles. The predicted molar refractivity (Wildman–Crippen MR) is 95.4 cm³/mol. The van der Waals surface area contributed by atoms with E-state index in [1.165, 1.54) is 18.3 Å². The summed E-state index contributed by atoms with van der Waals surface area (Å²) in [5.74, 6) is 0.0117. The Labute approximate surface area is 151 Å². The first-order valence-electron chi connectivity index (χ1n) is 8.59. The van der Waals surface area contributed by atoms with Gasteiger partial charge in [-0.2, -0.15) is 0 Å². The van der Waals surface area contributed by atoms with Crippen molar-refractivity contribution < 1.29 is 13.9 Å². The highest BCUT2D eigenvalue weighted by Crippen LogP contribution is 2.04. The Balaban J connectivity index is 1.42. The van der Waals surface area contributed by atoms with E-state index in [1.807, 2.05) is 0 Å². The van der Waals surface area contributed by atoms with Gasteiger partial charge in [-0.1, -0.05) is 12.1 Å². The van der Waals surface area contributed by atoms with E-state index in [1.54, 1.807) is 18.3 Å². The number of carbonyl (C=O) groups is 1. The van der Waals surface area contributed by atoms with Crippen LogP contribution in [0.25, 0.3) is 0 Å². The molecule has 1 aliphatic heterocycles. The molecule has 2 heterocycles. The average Bonchev–Trinajstić information content (AvgIpc) is 2.69. The molecule has 0 atom stereocenters. The summed E-state index contributed by atoms with van der Waals surface area (Å²) in [5.41, 5.74) is 1.06. The second kappa shape index (κ2) is 9.21. The first-order valence-corrected chi connectivity index (χ1v) is 8.59. The molecule has 2 N–H and O–H groups in total. The van der Waals surface area contributed by atoms with Crippen molar-refractivity contribution in [3.05, 3.63) is 53.7 Å². The van der Waals surface area contributed by atoms with Gasteiger partial charge in [0.15, 0.2) is 0 Å². The molecule has 0 aliphatic carbocycles. The molecule has 7 nitrogen and oxygen atoms in total. The van der Waals surface area contributed by atoms with Gasteiger partial charge < -0.3 is 15.4 Å². The van der Waals surface area contributed by atoms with Gasteiger partial charge in [-0.05, 0) is 17.7 Å². The molecule has 0 spiro atoms. The van der Waals surface area contributed by atoms with Crippen LogP contribution in [0.3, 0.4) is 0 Å². The highest BCUT2D eigenvalue weighted by molar-refractivity contribution is 5.91. The van der Waals surface area contributed by atoms with Crippen LogP contribution in [-0.2, 0) is 11.3 Å². The fraction of sp³-hybridized carbons (Fsp3) is 0.389. The number of aromatic nitrogens is 2. The zero-order valence-corrected chi connectivity index (χ0v) is 14.4. The minimum absolute atomic E-state index is 0.242. The Kier molecular flexibility index (Phi) is 6.45. The number of morpholine rings is 1. The minimum atomic E-state index is -0.318. The third-order valence-corrected chi connectivity index (χ3v) is 4.09. The molecule has 1 aliphatic rings. The number of amides is 1. The topological polar surface area (TPSA) is 79.4 Å². The third kappa shape index (κ3) is 5.47. The molecule has 3 rings (SSSR count). The molecule has 1 aromatic carbocycles. The number of nitrogens with one attached hydrogen (secondary N) is 2. The van der Waals surface area contributed by atoms with Crippen LogP contribution in [0.5, 0.6) is 0 Å². The summed E-state index contributed by atoms with van der Waals surface area (Å²) in [7, 11) is 0. The van der Waals surface area contributed by atoms with Crippen LogP contribution >= 0.6 is 0 Å². The van der Waals surface area contributed by atoms with Crippen molar-refractivity contribution in [1.82, 2.24) is 20.2 Å². The number of ether oxygens (including phenoxy) is 1. The van der Waals surface area contributed by atoms with Gasteiger partial charge >= 0.3 is 0 Å². The van der Waals surface area contributed by atoms with E-state index < -0.39 is 0 Å². The number of hydrogen-bond acceptors (Lipinski definition) is 6. The van der Waals surface area contributed by atoms with Crippen LogP contribution in [0.2, 0.25) is 0 Å². The zero-order valence-electron chi connectivity index (χ0n) is 14.4. The van der Waals surface area contributed by atoms with Crippen molar-refractivity contribution in [1.29, 1.82) is 0 Å². The Morgan fingerprint density at radius 3 is 2.62 bits per heavy atom. The number of halogens is 1. The summed E-state index contributed by atoms with van der Waals surface area (Å²) in [5, 5.41) is 5.94. The van der Waals surface area contributed by atoms with Crippen molar-refractivity contribution in [2.24, 2.45) is 0 Å². The second-order valence-electron chi connectivity index (χ2n) is 5.98. The summed E-state index contributed by atoms with van der Waals surface area (Å²) >= 11 is 0. The van der Waals surface area contributed by atoms with E-state index in [4.69, 9.17) is 4.74 Å². The van der Waals surface area contributed by atoms with E-state index >= 15 is 0 Å². The summed E-state index contributed by atoms with van der Waals surface area (Å²) in [4.78, 5) is 22.8. The smallest absolute Gasteiger partial charge is 0.271 e. The maximum absolute atomic E-state index is 12.9. The summed E-state index contributed by atoms with van der Waals surface area (Å²) in [6.45, 7) is 5.42. The average molecular weight is 359 g/mol. The van der Waals surface area contributed by atoms with E-state index in [0.29, 0.717) is 12.4 Å². The quantitative estimate of drug-likeness (QED) is 0.776. The molecule has 1 aromatic heterocycles. The molecule has 2 aromatic rings. The predicted octanol–water partition coefficient (Wildman–Crippen LogP) is 1.29. The lowest BCUT2D eigenvalue weighted by molar-refractivity contribution is 0.0398. The standard InChI is InChI=1S/C18H22FN5O2/c19-15-3-1-14(2-4-15)11-23-18(25)16-12-22-17(13-21-16)20-5-6-24-7-9-26-10-8-24/h1-4,12-13H,5-11H2,(H,20,22)(H,23,25). The van der Waals surface area contributed by atoms with Gasteiger partial charge in [0, 0.05) is 32.7 Å². The van der Waals surface area contributed by atoms with Crippen LogP contribution in [0, 0.1) is 5.82 Å². The second-order valence-corrected chi connectivity index (χ2v) is 5.98. The monoisotopic (exact) mass is 359 g/mol.